The van der Waals surface area contributed by atoms with Crippen LogP contribution in [0.2, 0.25) is 5.02 Å². The predicted molar refractivity (Wildman–Crippen MR) is 97.8 cm³/mol. The Morgan fingerprint density at radius 2 is 1.38 bits per heavy atom. The van der Waals surface area contributed by atoms with Crippen molar-refractivity contribution in [2.75, 3.05) is 0 Å². The smallest absolute Gasteiger partial charge is 0.0958 e. The third-order valence-electron chi connectivity index (χ3n) is 6.90. The number of hydrogen-bond acceptors (Lipinski definition) is 1. The summed E-state index contributed by atoms with van der Waals surface area (Å²) in [7, 11) is 0. The Bertz CT molecular complexity index is 736. The van der Waals surface area contributed by atoms with E-state index in [9.17, 15) is 5.11 Å². The van der Waals surface area contributed by atoms with Crippen LogP contribution in [0.25, 0.3) is 11.1 Å². The van der Waals surface area contributed by atoms with Crippen molar-refractivity contribution in [1.82, 2.24) is 0 Å². The van der Waals surface area contributed by atoms with Gasteiger partial charge in [0.05, 0.1) is 5.60 Å². The molecule has 4 saturated carbocycles. The van der Waals surface area contributed by atoms with Crippen LogP contribution >= 0.6 is 11.6 Å². The summed E-state index contributed by atoms with van der Waals surface area (Å²) in [5.41, 5.74) is 2.81. The highest BCUT2D eigenvalue weighted by Crippen LogP contribution is 2.62. The minimum Gasteiger partial charge on any atom is -0.385 e. The van der Waals surface area contributed by atoms with Crippen molar-refractivity contribution in [3.05, 3.63) is 59.1 Å². The summed E-state index contributed by atoms with van der Waals surface area (Å²) >= 11 is 6.06. The number of aliphatic hydroxyl groups is 1. The van der Waals surface area contributed by atoms with Gasteiger partial charge in [-0.25, -0.2) is 0 Å². The molecule has 4 aliphatic rings. The van der Waals surface area contributed by atoms with Gasteiger partial charge in [-0.2, -0.15) is 0 Å². The van der Waals surface area contributed by atoms with E-state index in [-0.39, 0.29) is 0 Å². The molecular weight excluding hydrogens is 316 g/mol. The van der Waals surface area contributed by atoms with E-state index in [0.29, 0.717) is 11.8 Å². The monoisotopic (exact) mass is 338 g/mol. The van der Waals surface area contributed by atoms with E-state index in [2.05, 4.69) is 36.4 Å². The molecule has 2 aromatic carbocycles. The average Bonchev–Trinajstić information content (AvgIpc) is 2.59. The Labute approximate surface area is 148 Å². The van der Waals surface area contributed by atoms with Gasteiger partial charge >= 0.3 is 0 Å². The molecule has 2 heteroatoms. The Balaban J connectivity index is 1.63. The van der Waals surface area contributed by atoms with Gasteiger partial charge in [0.2, 0.25) is 0 Å². The number of benzene rings is 2. The first kappa shape index (κ1) is 15.0. The fourth-order valence-electron chi connectivity index (χ4n) is 6.06. The molecule has 1 N–H and O–H groups in total. The fourth-order valence-corrected chi connectivity index (χ4v) is 6.18. The van der Waals surface area contributed by atoms with Crippen LogP contribution in [0.15, 0.2) is 48.5 Å². The second kappa shape index (κ2) is 5.34. The first-order valence-electron chi connectivity index (χ1n) is 9.22. The lowest BCUT2D eigenvalue weighted by Gasteiger charge is -2.59. The van der Waals surface area contributed by atoms with Gasteiger partial charge in [0.1, 0.15) is 0 Å². The molecule has 24 heavy (non-hydrogen) atoms. The topological polar surface area (TPSA) is 20.2 Å². The molecule has 0 spiro atoms. The summed E-state index contributed by atoms with van der Waals surface area (Å²) in [5, 5.41) is 12.7. The standard InChI is InChI=1S/C22H23ClO/c23-19-7-5-16(6-8-19)20-3-1-2-4-21(20)22(24)17-10-14-9-15(12-17)13-18(22)11-14/h1-8,14-15,17-18,24H,9-13H2. The van der Waals surface area contributed by atoms with Crippen molar-refractivity contribution in [3.8, 4) is 11.1 Å². The molecule has 1 nitrogen and oxygen atoms in total. The fraction of sp³-hybridized carbons (Fsp3) is 0.455. The largest absolute Gasteiger partial charge is 0.385 e. The van der Waals surface area contributed by atoms with Crippen molar-refractivity contribution in [2.24, 2.45) is 23.7 Å². The number of halogens is 1. The van der Waals surface area contributed by atoms with Gasteiger partial charge in [-0.3, -0.25) is 0 Å². The molecule has 0 unspecified atom stereocenters. The summed E-state index contributed by atoms with van der Waals surface area (Å²) in [6.45, 7) is 0. The summed E-state index contributed by atoms with van der Waals surface area (Å²) in [6, 6.07) is 16.5. The molecule has 0 aliphatic heterocycles. The minimum atomic E-state index is -0.649. The van der Waals surface area contributed by atoms with E-state index in [4.69, 9.17) is 11.6 Å². The molecular formula is C22H23ClO. The minimum absolute atomic E-state index is 0.433. The predicted octanol–water partition coefficient (Wildman–Crippen LogP) is 5.65. The third kappa shape index (κ3) is 2.11. The maximum atomic E-state index is 11.9. The normalized spacial score (nSPS) is 36.9. The summed E-state index contributed by atoms with van der Waals surface area (Å²) in [4.78, 5) is 0. The molecule has 0 atom stereocenters. The molecule has 2 aromatic rings. The Hall–Kier alpha value is -1.31. The molecule has 0 saturated heterocycles. The van der Waals surface area contributed by atoms with Crippen LogP contribution in [0.4, 0.5) is 0 Å². The van der Waals surface area contributed by atoms with Crippen LogP contribution in [0.3, 0.4) is 0 Å². The molecule has 4 aliphatic carbocycles. The molecule has 4 fully saturated rings. The number of hydrogen-bond donors (Lipinski definition) is 1. The van der Waals surface area contributed by atoms with Crippen LogP contribution in [-0.4, -0.2) is 5.11 Å². The first-order chi connectivity index (χ1) is 11.6. The second-order valence-electron chi connectivity index (χ2n) is 8.18. The van der Waals surface area contributed by atoms with Crippen molar-refractivity contribution in [3.63, 3.8) is 0 Å². The zero-order valence-electron chi connectivity index (χ0n) is 13.8. The van der Waals surface area contributed by atoms with Gasteiger partial charge in [0, 0.05) is 5.02 Å². The van der Waals surface area contributed by atoms with E-state index in [0.717, 1.165) is 28.0 Å². The van der Waals surface area contributed by atoms with Crippen LogP contribution < -0.4 is 0 Å². The zero-order chi connectivity index (χ0) is 16.3. The van der Waals surface area contributed by atoms with Crippen LogP contribution in [0, 0.1) is 23.7 Å². The Morgan fingerprint density at radius 1 is 0.792 bits per heavy atom. The zero-order valence-corrected chi connectivity index (χ0v) is 14.5. The molecule has 0 amide bonds. The van der Waals surface area contributed by atoms with Crippen molar-refractivity contribution in [2.45, 2.75) is 37.7 Å². The Morgan fingerprint density at radius 3 is 2.00 bits per heavy atom. The van der Waals surface area contributed by atoms with E-state index in [1.807, 2.05) is 12.1 Å². The second-order valence-corrected chi connectivity index (χ2v) is 8.62. The van der Waals surface area contributed by atoms with Gasteiger partial charge in [-0.15, -0.1) is 0 Å². The van der Waals surface area contributed by atoms with Crippen molar-refractivity contribution < 1.29 is 5.11 Å². The summed E-state index contributed by atoms with van der Waals surface area (Å²) in [5.74, 6) is 2.58. The van der Waals surface area contributed by atoms with Crippen LogP contribution in [-0.2, 0) is 5.60 Å². The quantitative estimate of drug-likeness (QED) is 0.750. The van der Waals surface area contributed by atoms with Gasteiger partial charge < -0.3 is 5.11 Å². The SMILES string of the molecule is OC1(c2ccccc2-c2ccc(Cl)cc2)C2CC3CC(C2)CC1C3. The molecule has 0 heterocycles. The highest BCUT2D eigenvalue weighted by molar-refractivity contribution is 6.30. The molecule has 0 radical (unpaired) electrons. The van der Waals surface area contributed by atoms with Crippen LogP contribution in [0.1, 0.15) is 37.7 Å². The maximum Gasteiger partial charge on any atom is 0.0958 e. The van der Waals surface area contributed by atoms with Gasteiger partial charge in [0.15, 0.2) is 0 Å². The van der Waals surface area contributed by atoms with Crippen molar-refractivity contribution in [1.29, 1.82) is 0 Å². The van der Waals surface area contributed by atoms with Gasteiger partial charge in [-0.05, 0) is 84.6 Å². The lowest BCUT2D eigenvalue weighted by molar-refractivity contribution is -0.179. The highest BCUT2D eigenvalue weighted by atomic mass is 35.5. The van der Waals surface area contributed by atoms with E-state index in [1.165, 1.54) is 37.7 Å². The highest BCUT2D eigenvalue weighted by Gasteiger charge is 2.57. The molecule has 4 bridgehead atoms. The first-order valence-corrected chi connectivity index (χ1v) is 9.60. The molecule has 6 rings (SSSR count). The molecule has 0 aromatic heterocycles. The maximum absolute atomic E-state index is 11.9. The lowest BCUT2D eigenvalue weighted by atomic mass is 9.48. The number of rotatable bonds is 2. The lowest BCUT2D eigenvalue weighted by Crippen LogP contribution is -2.55. The van der Waals surface area contributed by atoms with Gasteiger partial charge in [0.25, 0.3) is 0 Å². The van der Waals surface area contributed by atoms with Crippen LogP contribution in [0.5, 0.6) is 0 Å². The van der Waals surface area contributed by atoms with Crippen molar-refractivity contribution >= 4 is 11.6 Å². The average molecular weight is 339 g/mol. The molecule has 124 valence electrons. The van der Waals surface area contributed by atoms with E-state index < -0.39 is 5.60 Å². The van der Waals surface area contributed by atoms with Gasteiger partial charge in [-0.1, -0.05) is 48.0 Å². The van der Waals surface area contributed by atoms with E-state index >= 15 is 0 Å². The summed E-state index contributed by atoms with van der Waals surface area (Å²) < 4.78 is 0. The summed E-state index contributed by atoms with van der Waals surface area (Å²) in [6.07, 6.45) is 6.23. The van der Waals surface area contributed by atoms with E-state index in [1.54, 1.807) is 0 Å². The third-order valence-corrected chi connectivity index (χ3v) is 7.15. The Kier molecular flexibility index (Phi) is 3.34.